The maximum absolute atomic E-state index is 12.7. The zero-order valence-corrected chi connectivity index (χ0v) is 15.6. The van der Waals surface area contributed by atoms with Crippen molar-refractivity contribution in [1.29, 1.82) is 0 Å². The molecule has 1 spiro atoms. The average Bonchev–Trinajstić information content (AvgIpc) is 2.93. The van der Waals surface area contributed by atoms with Gasteiger partial charge in [0, 0.05) is 0 Å². The second kappa shape index (κ2) is 6.91. The van der Waals surface area contributed by atoms with Gasteiger partial charge in [0.25, 0.3) is 0 Å². The van der Waals surface area contributed by atoms with Crippen molar-refractivity contribution in [1.82, 2.24) is 4.90 Å². The Hall–Kier alpha value is -2.08. The van der Waals surface area contributed by atoms with Crippen LogP contribution >= 0.6 is 0 Å². The Kier molecular flexibility index (Phi) is 4.97. The number of carbonyl (C=O) groups is 2. The van der Waals surface area contributed by atoms with Gasteiger partial charge in [0.05, 0.1) is 6.61 Å². The number of aromatic hydroxyl groups is 1. The van der Waals surface area contributed by atoms with Gasteiger partial charge in [-0.1, -0.05) is 12.1 Å². The van der Waals surface area contributed by atoms with Crippen molar-refractivity contribution in [3.63, 3.8) is 0 Å². The van der Waals surface area contributed by atoms with Gasteiger partial charge in [-0.3, -0.25) is 4.90 Å². The van der Waals surface area contributed by atoms with E-state index in [0.717, 1.165) is 19.1 Å². The van der Waals surface area contributed by atoms with Gasteiger partial charge in [0.2, 0.25) is 0 Å². The van der Waals surface area contributed by atoms with Gasteiger partial charge in [-0.15, -0.1) is 0 Å². The van der Waals surface area contributed by atoms with E-state index in [9.17, 15) is 14.7 Å². The SMILES string of the molecule is CC(C)(C)OC(=O)N1[C@H](C=O)COC12CCC(c1ccc(O)cc1)CC2. The molecular formula is C20H27NO5. The van der Waals surface area contributed by atoms with Gasteiger partial charge in [0.15, 0.2) is 0 Å². The maximum Gasteiger partial charge on any atom is 0.413 e. The molecule has 6 heteroatoms. The Bertz CT molecular complexity index is 656. The number of phenols is 1. The smallest absolute Gasteiger partial charge is 0.413 e. The normalized spacial score (nSPS) is 29.0. The van der Waals surface area contributed by atoms with Crippen LogP contribution in [-0.4, -0.2) is 46.4 Å². The highest BCUT2D eigenvalue weighted by molar-refractivity contribution is 5.75. The number of hydrogen-bond donors (Lipinski definition) is 1. The fourth-order valence-corrected chi connectivity index (χ4v) is 3.93. The summed E-state index contributed by atoms with van der Waals surface area (Å²) in [5.74, 6) is 0.602. The third kappa shape index (κ3) is 3.70. The van der Waals surface area contributed by atoms with Gasteiger partial charge < -0.3 is 19.4 Å². The summed E-state index contributed by atoms with van der Waals surface area (Å²) in [6.07, 6.45) is 3.27. The molecule has 1 heterocycles. The molecule has 2 fully saturated rings. The zero-order chi connectivity index (χ0) is 18.9. The molecule has 1 saturated heterocycles. The van der Waals surface area contributed by atoms with Crippen LogP contribution in [0.25, 0.3) is 0 Å². The van der Waals surface area contributed by atoms with E-state index >= 15 is 0 Å². The molecule has 142 valence electrons. The lowest BCUT2D eigenvalue weighted by Gasteiger charge is -2.43. The summed E-state index contributed by atoms with van der Waals surface area (Å²) in [7, 11) is 0. The van der Waals surface area contributed by atoms with Gasteiger partial charge in [-0.25, -0.2) is 4.79 Å². The molecule has 1 amide bonds. The highest BCUT2D eigenvalue weighted by Gasteiger charge is 2.53. The van der Waals surface area contributed by atoms with E-state index in [1.807, 2.05) is 32.9 Å². The molecule has 0 unspecified atom stereocenters. The third-order valence-electron chi connectivity index (χ3n) is 5.17. The highest BCUT2D eigenvalue weighted by atomic mass is 16.6. The standard InChI is InChI=1S/C20H27NO5/c1-19(2,3)26-18(24)21-16(12-22)13-25-20(21)10-8-15(9-11-20)14-4-6-17(23)7-5-14/h4-7,12,15-16,23H,8-11,13H2,1-3H3/t15?,16-,20?/m1/s1. The Morgan fingerprint density at radius 2 is 1.88 bits per heavy atom. The predicted octanol–water partition coefficient (Wildman–Crippen LogP) is 3.58. The average molecular weight is 361 g/mol. The molecule has 0 radical (unpaired) electrons. The molecule has 6 nitrogen and oxygen atoms in total. The van der Waals surface area contributed by atoms with Gasteiger partial charge in [-0.05, 0) is 70.1 Å². The molecule has 3 rings (SSSR count). The molecule has 1 atom stereocenters. The molecule has 1 aliphatic heterocycles. The lowest BCUT2D eigenvalue weighted by atomic mass is 9.79. The van der Waals surface area contributed by atoms with E-state index in [2.05, 4.69) is 0 Å². The van der Waals surface area contributed by atoms with Crippen molar-refractivity contribution in [3.8, 4) is 5.75 Å². The summed E-state index contributed by atoms with van der Waals surface area (Å²) in [6.45, 7) is 5.65. The third-order valence-corrected chi connectivity index (χ3v) is 5.17. The van der Waals surface area contributed by atoms with Crippen molar-refractivity contribution in [2.24, 2.45) is 0 Å². The summed E-state index contributed by atoms with van der Waals surface area (Å²) < 4.78 is 11.5. The second-order valence-electron chi connectivity index (χ2n) is 8.18. The van der Waals surface area contributed by atoms with Crippen molar-refractivity contribution in [2.75, 3.05) is 6.61 Å². The number of ether oxygens (including phenoxy) is 2. The lowest BCUT2D eigenvalue weighted by molar-refractivity contribution is -0.120. The van der Waals surface area contributed by atoms with E-state index in [1.165, 1.54) is 10.5 Å². The molecule has 26 heavy (non-hydrogen) atoms. The van der Waals surface area contributed by atoms with E-state index < -0.39 is 23.5 Å². The number of rotatable bonds is 2. The van der Waals surface area contributed by atoms with Crippen molar-refractivity contribution < 1.29 is 24.2 Å². The number of carbonyl (C=O) groups excluding carboxylic acids is 2. The molecule has 1 aromatic carbocycles. The predicted molar refractivity (Wildman–Crippen MR) is 95.9 cm³/mol. The van der Waals surface area contributed by atoms with Crippen molar-refractivity contribution in [3.05, 3.63) is 29.8 Å². The summed E-state index contributed by atoms with van der Waals surface area (Å²) in [5, 5.41) is 9.46. The number of nitrogens with zero attached hydrogens (tertiary/aromatic N) is 1. The fraction of sp³-hybridized carbons (Fsp3) is 0.600. The van der Waals surface area contributed by atoms with Crippen LogP contribution in [0.5, 0.6) is 5.75 Å². The molecule has 1 saturated carbocycles. The summed E-state index contributed by atoms with van der Waals surface area (Å²) in [4.78, 5) is 25.7. The first-order valence-corrected chi connectivity index (χ1v) is 9.15. The minimum absolute atomic E-state index is 0.215. The summed E-state index contributed by atoms with van der Waals surface area (Å²) in [5.41, 5.74) is -0.217. The van der Waals surface area contributed by atoms with Gasteiger partial charge in [0.1, 0.15) is 29.4 Å². The first-order chi connectivity index (χ1) is 12.2. The van der Waals surface area contributed by atoms with E-state index in [1.54, 1.807) is 12.1 Å². The summed E-state index contributed by atoms with van der Waals surface area (Å²) in [6, 6.07) is 6.67. The van der Waals surface area contributed by atoms with E-state index in [0.29, 0.717) is 18.8 Å². The van der Waals surface area contributed by atoms with Crippen LogP contribution < -0.4 is 0 Å². The van der Waals surface area contributed by atoms with Crippen LogP contribution in [0.3, 0.4) is 0 Å². The first kappa shape index (κ1) is 18.7. The lowest BCUT2D eigenvalue weighted by Crippen LogP contribution is -2.54. The Labute approximate surface area is 154 Å². The molecule has 2 aliphatic rings. The minimum atomic E-state index is -0.763. The van der Waals surface area contributed by atoms with Crippen LogP contribution in [0.15, 0.2) is 24.3 Å². The van der Waals surface area contributed by atoms with Crippen LogP contribution in [0.2, 0.25) is 0 Å². The van der Waals surface area contributed by atoms with Crippen LogP contribution in [0, 0.1) is 0 Å². The monoisotopic (exact) mass is 361 g/mol. The fourth-order valence-electron chi connectivity index (χ4n) is 3.93. The number of benzene rings is 1. The Morgan fingerprint density at radius 1 is 1.27 bits per heavy atom. The van der Waals surface area contributed by atoms with Crippen LogP contribution in [0.4, 0.5) is 4.79 Å². The van der Waals surface area contributed by atoms with Crippen LogP contribution in [-0.2, 0) is 14.3 Å². The zero-order valence-electron chi connectivity index (χ0n) is 15.6. The quantitative estimate of drug-likeness (QED) is 0.815. The highest BCUT2D eigenvalue weighted by Crippen LogP contribution is 2.45. The Morgan fingerprint density at radius 3 is 2.42 bits per heavy atom. The molecular weight excluding hydrogens is 334 g/mol. The molecule has 0 aromatic heterocycles. The molecule has 1 aromatic rings. The van der Waals surface area contributed by atoms with Crippen LogP contribution in [0.1, 0.15) is 57.9 Å². The molecule has 0 bridgehead atoms. The van der Waals surface area contributed by atoms with Gasteiger partial charge in [-0.2, -0.15) is 0 Å². The first-order valence-electron chi connectivity index (χ1n) is 9.15. The number of hydrogen-bond acceptors (Lipinski definition) is 5. The minimum Gasteiger partial charge on any atom is -0.508 e. The topological polar surface area (TPSA) is 76.1 Å². The van der Waals surface area contributed by atoms with Crippen molar-refractivity contribution in [2.45, 2.75) is 69.7 Å². The number of aldehydes is 1. The number of amides is 1. The Balaban J connectivity index is 1.75. The van der Waals surface area contributed by atoms with E-state index in [4.69, 9.17) is 9.47 Å². The van der Waals surface area contributed by atoms with Gasteiger partial charge >= 0.3 is 6.09 Å². The maximum atomic E-state index is 12.7. The van der Waals surface area contributed by atoms with Crippen molar-refractivity contribution >= 4 is 12.4 Å². The molecule has 1 N–H and O–H groups in total. The largest absolute Gasteiger partial charge is 0.508 e. The van der Waals surface area contributed by atoms with E-state index in [-0.39, 0.29) is 12.4 Å². The second-order valence-corrected chi connectivity index (χ2v) is 8.18. The number of phenolic OH excluding ortho intramolecular Hbond substituents is 1. The molecule has 1 aliphatic carbocycles. The summed E-state index contributed by atoms with van der Waals surface area (Å²) >= 11 is 0.